The molecule has 0 aliphatic heterocycles. The molecule has 7 aromatic rings. The number of aliphatic hydroxyl groups excluding tert-OH is 2. The smallest absolute Gasteiger partial charge is 0.0134 e. The average Bonchev–Trinajstić information content (AvgIpc) is 3.24. The number of hydrogen-bond donors (Lipinski definition) is 2. The molecule has 280 valence electrons. The summed E-state index contributed by atoms with van der Waals surface area (Å²) < 4.78 is 0. The SMILES string of the molecule is C#Cc1cccc2c1C[C@@H](O)[C@@H](O)C2.[Cl][Pd][Cl].c1ccc(P(c2ccccc2)c2ccccc2)cc1.c1ccc(P(c2ccccc2)c2ccccc2)cc1. The van der Waals surface area contributed by atoms with E-state index >= 15 is 0 Å². The van der Waals surface area contributed by atoms with E-state index in [0.29, 0.717) is 12.8 Å². The van der Waals surface area contributed by atoms with E-state index < -0.39 is 28.1 Å². The summed E-state index contributed by atoms with van der Waals surface area (Å²) in [4.78, 5) is 0. The van der Waals surface area contributed by atoms with Gasteiger partial charge in [-0.05, 0) is 64.9 Å². The maximum atomic E-state index is 9.53. The Morgan fingerprint density at radius 2 is 0.709 bits per heavy atom. The number of halogens is 2. The first-order valence-corrected chi connectivity index (χ1v) is 24.4. The first kappa shape index (κ1) is 42.3. The predicted molar refractivity (Wildman–Crippen MR) is 236 cm³/mol. The molecule has 0 aromatic heterocycles. The zero-order valence-corrected chi connectivity index (χ0v) is 34.9. The van der Waals surface area contributed by atoms with Gasteiger partial charge in [-0.2, -0.15) is 0 Å². The molecule has 2 nitrogen and oxygen atoms in total. The Morgan fingerprint density at radius 3 is 0.982 bits per heavy atom. The van der Waals surface area contributed by atoms with E-state index in [1.165, 1.54) is 31.8 Å². The molecule has 1 aliphatic carbocycles. The summed E-state index contributed by atoms with van der Waals surface area (Å²) in [5, 5.41) is 27.4. The van der Waals surface area contributed by atoms with Crippen molar-refractivity contribution in [3.63, 3.8) is 0 Å². The minimum absolute atomic E-state index is 0.106. The van der Waals surface area contributed by atoms with Gasteiger partial charge in [0, 0.05) is 18.4 Å². The van der Waals surface area contributed by atoms with Crippen LogP contribution in [0.3, 0.4) is 0 Å². The molecule has 2 N–H and O–H groups in total. The Morgan fingerprint density at radius 1 is 0.436 bits per heavy atom. The summed E-state index contributed by atoms with van der Waals surface area (Å²) in [6.45, 7) is 0. The van der Waals surface area contributed by atoms with Gasteiger partial charge >= 0.3 is 35.0 Å². The van der Waals surface area contributed by atoms with E-state index in [9.17, 15) is 10.2 Å². The van der Waals surface area contributed by atoms with E-state index in [1.807, 2.05) is 18.2 Å². The number of hydrogen-bond acceptors (Lipinski definition) is 2. The van der Waals surface area contributed by atoms with Gasteiger partial charge in [0.05, 0.1) is 12.2 Å². The number of terminal acetylenes is 1. The predicted octanol–water partition coefficient (Wildman–Crippen LogP) is 8.75. The summed E-state index contributed by atoms with van der Waals surface area (Å²) in [6.07, 6.45) is 4.97. The van der Waals surface area contributed by atoms with Crippen molar-refractivity contribution in [2.75, 3.05) is 0 Å². The largest absolute Gasteiger partial charge is 0.0622 e. The summed E-state index contributed by atoms with van der Waals surface area (Å²) in [5.74, 6) is 2.60. The molecule has 0 amide bonds. The third-order valence-corrected chi connectivity index (χ3v) is 13.7. The first-order chi connectivity index (χ1) is 27.0. The van der Waals surface area contributed by atoms with Gasteiger partial charge in [-0.15, -0.1) is 6.42 Å². The number of benzene rings is 7. The van der Waals surface area contributed by atoms with Crippen LogP contribution in [0.25, 0.3) is 0 Å². The molecule has 0 saturated carbocycles. The van der Waals surface area contributed by atoms with Gasteiger partial charge < -0.3 is 10.2 Å². The Bertz CT molecular complexity index is 1850. The molecule has 2 atom stereocenters. The van der Waals surface area contributed by atoms with Crippen molar-refractivity contribution in [3.8, 4) is 12.3 Å². The molecule has 0 saturated heterocycles. The summed E-state index contributed by atoms with van der Waals surface area (Å²) in [6, 6.07) is 70.4. The zero-order valence-electron chi connectivity index (χ0n) is 30.1. The van der Waals surface area contributed by atoms with E-state index in [-0.39, 0.29) is 15.9 Å². The van der Waals surface area contributed by atoms with E-state index in [1.54, 1.807) is 0 Å². The van der Waals surface area contributed by atoms with Crippen LogP contribution in [0, 0.1) is 12.3 Å². The molecule has 55 heavy (non-hydrogen) atoms. The Hall–Kier alpha value is -3.88. The first-order valence-electron chi connectivity index (χ1n) is 17.7. The third kappa shape index (κ3) is 12.6. The van der Waals surface area contributed by atoms with Crippen molar-refractivity contribution < 1.29 is 26.2 Å². The maximum absolute atomic E-state index is 9.53. The monoisotopic (exact) mass is 888 g/mol. The second-order valence-corrected chi connectivity index (χ2v) is 19.2. The molecule has 8 rings (SSSR count). The summed E-state index contributed by atoms with van der Waals surface area (Å²) in [5.41, 5.74) is 2.89. The standard InChI is InChI=1S/2C18H15P.C12H12O2.2ClH.Pd/c2*1-4-10-16(11-5-1)19(17-12-6-2-7-13-17)18-14-8-3-9-15-18;1-2-8-4-3-5-9-6-11(13)12(14)7-10(8)9;;;/h2*1-15H;1,3-5,11-14H,6-7H2;2*1H;/q;;;;;+2/p-2/t;;11-,12+;;;/m..0.../s1. The van der Waals surface area contributed by atoms with Crippen LogP contribution in [0.4, 0.5) is 0 Å². The minimum atomic E-state index is -0.683. The van der Waals surface area contributed by atoms with Gasteiger partial charge in [-0.1, -0.05) is 200 Å². The van der Waals surface area contributed by atoms with Gasteiger partial charge in [0.25, 0.3) is 0 Å². The molecule has 0 bridgehead atoms. The molecule has 0 fully saturated rings. The van der Waals surface area contributed by atoms with Gasteiger partial charge in [0.1, 0.15) is 0 Å². The van der Waals surface area contributed by atoms with Crippen molar-refractivity contribution in [1.29, 1.82) is 0 Å². The van der Waals surface area contributed by atoms with Crippen molar-refractivity contribution in [3.05, 3.63) is 217 Å². The van der Waals surface area contributed by atoms with Gasteiger partial charge in [0.15, 0.2) is 0 Å². The summed E-state index contributed by atoms with van der Waals surface area (Å²) >= 11 is -0.106. The summed E-state index contributed by atoms with van der Waals surface area (Å²) in [7, 11) is 8.74. The number of aliphatic hydroxyl groups is 2. The van der Waals surface area contributed by atoms with Crippen LogP contribution in [0.1, 0.15) is 16.7 Å². The minimum Gasteiger partial charge on any atom is -0.0622 e. The fourth-order valence-electron chi connectivity index (χ4n) is 6.27. The second-order valence-electron chi connectivity index (χ2n) is 12.4. The van der Waals surface area contributed by atoms with E-state index in [2.05, 4.69) is 188 Å². The molecule has 0 radical (unpaired) electrons. The molecule has 0 heterocycles. The molecular weight excluding hydrogens is 848 g/mol. The molecule has 1 aliphatic rings. The molecule has 0 unspecified atom stereocenters. The van der Waals surface area contributed by atoms with Crippen LogP contribution in [-0.4, -0.2) is 22.4 Å². The Kier molecular flexibility index (Phi) is 17.9. The van der Waals surface area contributed by atoms with Gasteiger partial charge in [0.2, 0.25) is 0 Å². The van der Waals surface area contributed by atoms with Crippen molar-refractivity contribution in [2.45, 2.75) is 25.0 Å². The van der Waals surface area contributed by atoms with Crippen LogP contribution in [0.5, 0.6) is 0 Å². The fourth-order valence-corrected chi connectivity index (χ4v) is 10.9. The van der Waals surface area contributed by atoms with Gasteiger partial charge in [-0.3, -0.25) is 0 Å². The zero-order chi connectivity index (χ0) is 38.7. The van der Waals surface area contributed by atoms with Crippen molar-refractivity contribution >= 4 is 66.7 Å². The van der Waals surface area contributed by atoms with Gasteiger partial charge in [-0.25, -0.2) is 0 Å². The molecular formula is C48H42Cl2O2P2Pd. The number of fused-ring (bicyclic) bond motifs is 1. The molecule has 7 heteroatoms. The maximum Gasteiger partial charge on any atom is -0.0134 e. The topological polar surface area (TPSA) is 40.5 Å². The quantitative estimate of drug-likeness (QED) is 0.0998. The average molecular weight is 890 g/mol. The Labute approximate surface area is 344 Å². The van der Waals surface area contributed by atoms with Crippen LogP contribution < -0.4 is 31.8 Å². The normalized spacial score (nSPS) is 14.1. The van der Waals surface area contributed by atoms with Crippen molar-refractivity contribution in [2.24, 2.45) is 0 Å². The van der Waals surface area contributed by atoms with Crippen LogP contribution >= 0.6 is 34.9 Å². The van der Waals surface area contributed by atoms with Crippen molar-refractivity contribution in [1.82, 2.24) is 0 Å². The van der Waals surface area contributed by atoms with Crippen LogP contribution in [-0.2, 0) is 28.8 Å². The Balaban J connectivity index is 0.000000154. The van der Waals surface area contributed by atoms with Crippen LogP contribution in [0.15, 0.2) is 200 Å². The number of rotatable bonds is 6. The van der Waals surface area contributed by atoms with Crippen LogP contribution in [0.2, 0.25) is 0 Å². The molecule has 7 aromatic carbocycles. The fraction of sp³-hybridized carbons (Fsp3) is 0.0833. The second kappa shape index (κ2) is 23.3. The van der Waals surface area contributed by atoms with E-state index in [0.717, 1.165) is 16.7 Å². The van der Waals surface area contributed by atoms with E-state index in [4.69, 9.17) is 25.5 Å². The molecule has 0 spiro atoms. The third-order valence-electron chi connectivity index (χ3n) is 8.80.